The van der Waals surface area contributed by atoms with Crippen LogP contribution in [-0.2, 0) is 0 Å². The van der Waals surface area contributed by atoms with Crippen LogP contribution in [0.2, 0.25) is 0 Å². The fraction of sp³-hybridized carbons (Fsp3) is 0.667. The lowest BCUT2D eigenvalue weighted by molar-refractivity contribution is 0.400. The van der Waals surface area contributed by atoms with Gasteiger partial charge in [0.25, 0.3) is 0 Å². The van der Waals surface area contributed by atoms with Crippen molar-refractivity contribution in [2.45, 2.75) is 32.7 Å². The van der Waals surface area contributed by atoms with Crippen molar-refractivity contribution >= 4 is 5.69 Å². The zero-order chi connectivity index (χ0) is 14.3. The van der Waals surface area contributed by atoms with E-state index in [2.05, 4.69) is 54.9 Å². The van der Waals surface area contributed by atoms with E-state index in [9.17, 15) is 0 Å². The van der Waals surface area contributed by atoms with E-state index in [0.29, 0.717) is 0 Å². The summed E-state index contributed by atoms with van der Waals surface area (Å²) in [4.78, 5) is 9.06. The van der Waals surface area contributed by atoms with Crippen LogP contribution in [-0.4, -0.2) is 43.6 Å². The second kappa shape index (κ2) is 8.12. The van der Waals surface area contributed by atoms with Gasteiger partial charge in [0.15, 0.2) is 0 Å². The molecule has 0 spiro atoms. The highest BCUT2D eigenvalue weighted by molar-refractivity contribution is 5.44. The molecular weight excluding hydrogens is 236 g/mol. The molecule has 0 saturated carbocycles. The molecule has 1 atom stereocenters. The fourth-order valence-electron chi connectivity index (χ4n) is 2.06. The van der Waals surface area contributed by atoms with Gasteiger partial charge < -0.3 is 15.5 Å². The van der Waals surface area contributed by atoms with Crippen molar-refractivity contribution in [1.82, 2.24) is 9.88 Å². The van der Waals surface area contributed by atoms with Crippen LogP contribution < -0.4 is 10.6 Å². The number of anilines is 1. The number of aromatic nitrogens is 1. The van der Waals surface area contributed by atoms with E-state index in [0.717, 1.165) is 38.2 Å². The molecule has 0 radical (unpaired) electrons. The second-order valence-electron chi connectivity index (χ2n) is 5.19. The summed E-state index contributed by atoms with van der Waals surface area (Å²) in [6.07, 6.45) is 4.04. The molecule has 1 rings (SSSR count). The van der Waals surface area contributed by atoms with Crippen LogP contribution in [0.5, 0.6) is 0 Å². The summed E-state index contributed by atoms with van der Waals surface area (Å²) < 4.78 is 0. The molecule has 108 valence electrons. The van der Waals surface area contributed by atoms with Crippen LogP contribution in [0, 0.1) is 0 Å². The van der Waals surface area contributed by atoms with Crippen LogP contribution in [0.15, 0.2) is 18.3 Å². The Hall–Kier alpha value is -1.13. The summed E-state index contributed by atoms with van der Waals surface area (Å²) in [5.41, 5.74) is 8.16. The molecule has 0 saturated heterocycles. The molecule has 4 heteroatoms. The van der Waals surface area contributed by atoms with Crippen molar-refractivity contribution in [2.75, 3.05) is 38.6 Å². The molecule has 4 nitrogen and oxygen atoms in total. The lowest BCUT2D eigenvalue weighted by Crippen LogP contribution is -2.27. The average molecular weight is 264 g/mol. The number of rotatable bonds is 8. The van der Waals surface area contributed by atoms with E-state index >= 15 is 0 Å². The van der Waals surface area contributed by atoms with Gasteiger partial charge in [0.1, 0.15) is 0 Å². The molecule has 0 aromatic carbocycles. The number of hydrogen-bond acceptors (Lipinski definition) is 4. The third kappa shape index (κ3) is 5.17. The Morgan fingerprint density at radius 2 is 1.95 bits per heavy atom. The molecule has 0 aliphatic heterocycles. The molecule has 0 aliphatic carbocycles. The fourth-order valence-corrected chi connectivity index (χ4v) is 2.06. The van der Waals surface area contributed by atoms with Gasteiger partial charge in [-0.3, -0.25) is 4.98 Å². The highest BCUT2D eigenvalue weighted by Crippen LogP contribution is 2.17. The van der Waals surface area contributed by atoms with Gasteiger partial charge in [-0.1, -0.05) is 6.92 Å². The first-order chi connectivity index (χ1) is 9.08. The van der Waals surface area contributed by atoms with Gasteiger partial charge in [-0.15, -0.1) is 0 Å². The minimum absolute atomic E-state index is 0.0536. The van der Waals surface area contributed by atoms with E-state index in [1.54, 1.807) is 0 Å². The molecule has 1 aromatic heterocycles. The van der Waals surface area contributed by atoms with Crippen molar-refractivity contribution in [3.63, 3.8) is 0 Å². The second-order valence-corrected chi connectivity index (χ2v) is 5.19. The quantitative estimate of drug-likeness (QED) is 0.782. The molecule has 0 bridgehead atoms. The lowest BCUT2D eigenvalue weighted by Gasteiger charge is -2.24. The zero-order valence-electron chi connectivity index (χ0n) is 12.8. The van der Waals surface area contributed by atoms with Crippen molar-refractivity contribution in [1.29, 1.82) is 0 Å². The standard InChI is InChI=1S/C15H28N4/c1-5-14(16)15-9-8-13(12-17-15)19(6-2)11-7-10-18(3)4/h8-9,12,14H,5-7,10-11,16H2,1-4H3. The first kappa shape index (κ1) is 15.9. The van der Waals surface area contributed by atoms with Gasteiger partial charge >= 0.3 is 0 Å². The summed E-state index contributed by atoms with van der Waals surface area (Å²) in [5.74, 6) is 0. The average Bonchev–Trinajstić information content (AvgIpc) is 2.43. The Morgan fingerprint density at radius 1 is 1.21 bits per heavy atom. The predicted molar refractivity (Wildman–Crippen MR) is 82.5 cm³/mol. The number of pyridine rings is 1. The first-order valence-electron chi connectivity index (χ1n) is 7.19. The molecule has 0 aliphatic rings. The minimum Gasteiger partial charge on any atom is -0.371 e. The largest absolute Gasteiger partial charge is 0.371 e. The molecule has 1 heterocycles. The van der Waals surface area contributed by atoms with Crippen LogP contribution >= 0.6 is 0 Å². The minimum atomic E-state index is 0.0536. The topological polar surface area (TPSA) is 45.4 Å². The summed E-state index contributed by atoms with van der Waals surface area (Å²) in [6, 6.07) is 4.24. The maximum atomic E-state index is 5.98. The van der Waals surface area contributed by atoms with E-state index in [4.69, 9.17) is 5.73 Å². The van der Waals surface area contributed by atoms with Crippen molar-refractivity contribution < 1.29 is 0 Å². The molecule has 0 amide bonds. The van der Waals surface area contributed by atoms with Gasteiger partial charge in [0.2, 0.25) is 0 Å². The van der Waals surface area contributed by atoms with Crippen LogP contribution in [0.25, 0.3) is 0 Å². The van der Waals surface area contributed by atoms with Crippen molar-refractivity contribution in [3.8, 4) is 0 Å². The van der Waals surface area contributed by atoms with Crippen LogP contribution in [0.3, 0.4) is 0 Å². The number of hydrogen-bond donors (Lipinski definition) is 1. The van der Waals surface area contributed by atoms with Crippen molar-refractivity contribution in [2.24, 2.45) is 5.73 Å². The first-order valence-corrected chi connectivity index (χ1v) is 7.19. The molecule has 1 unspecified atom stereocenters. The maximum absolute atomic E-state index is 5.98. The maximum Gasteiger partial charge on any atom is 0.0572 e. The lowest BCUT2D eigenvalue weighted by atomic mass is 10.1. The summed E-state index contributed by atoms with van der Waals surface area (Å²) in [5, 5.41) is 0. The number of nitrogens with two attached hydrogens (primary N) is 1. The van der Waals surface area contributed by atoms with Gasteiger partial charge in [-0.2, -0.15) is 0 Å². The van der Waals surface area contributed by atoms with E-state index in [1.807, 2.05) is 6.20 Å². The molecule has 19 heavy (non-hydrogen) atoms. The normalized spacial score (nSPS) is 12.7. The van der Waals surface area contributed by atoms with E-state index in [1.165, 1.54) is 5.69 Å². The molecule has 0 fully saturated rings. The summed E-state index contributed by atoms with van der Waals surface area (Å²) >= 11 is 0. The summed E-state index contributed by atoms with van der Waals surface area (Å²) in [6.45, 7) is 7.45. The predicted octanol–water partition coefficient (Wildman–Crippen LogP) is 2.27. The van der Waals surface area contributed by atoms with Crippen LogP contribution in [0.4, 0.5) is 5.69 Å². The zero-order valence-corrected chi connectivity index (χ0v) is 12.8. The monoisotopic (exact) mass is 264 g/mol. The van der Waals surface area contributed by atoms with E-state index < -0.39 is 0 Å². The Labute approximate surface area is 117 Å². The highest BCUT2D eigenvalue weighted by Gasteiger charge is 2.08. The Bertz CT molecular complexity index is 348. The SMILES string of the molecule is CCC(N)c1ccc(N(CC)CCCN(C)C)cn1. The van der Waals surface area contributed by atoms with Gasteiger partial charge in [-0.05, 0) is 52.5 Å². The third-order valence-electron chi connectivity index (χ3n) is 3.37. The van der Waals surface area contributed by atoms with Crippen molar-refractivity contribution in [3.05, 3.63) is 24.0 Å². The van der Waals surface area contributed by atoms with Gasteiger partial charge in [-0.25, -0.2) is 0 Å². The molecule has 1 aromatic rings. The third-order valence-corrected chi connectivity index (χ3v) is 3.37. The molecule has 2 N–H and O–H groups in total. The highest BCUT2D eigenvalue weighted by atomic mass is 15.1. The molecular formula is C15H28N4. The van der Waals surface area contributed by atoms with Gasteiger partial charge in [0.05, 0.1) is 17.6 Å². The van der Waals surface area contributed by atoms with Crippen LogP contribution in [0.1, 0.15) is 38.4 Å². The smallest absolute Gasteiger partial charge is 0.0572 e. The van der Waals surface area contributed by atoms with E-state index in [-0.39, 0.29) is 6.04 Å². The Balaban J connectivity index is 2.60. The Morgan fingerprint density at radius 3 is 2.42 bits per heavy atom. The summed E-state index contributed by atoms with van der Waals surface area (Å²) in [7, 11) is 4.22. The Kier molecular flexibility index (Phi) is 6.81. The van der Waals surface area contributed by atoms with Gasteiger partial charge in [0, 0.05) is 19.1 Å². The number of nitrogens with zero attached hydrogens (tertiary/aromatic N) is 3.